The van der Waals surface area contributed by atoms with Crippen molar-refractivity contribution in [3.63, 3.8) is 0 Å². The molecule has 0 atom stereocenters. The Hall–Kier alpha value is -3.44. The van der Waals surface area contributed by atoms with E-state index in [0.29, 0.717) is 17.0 Å². The zero-order valence-corrected chi connectivity index (χ0v) is 19.8. The van der Waals surface area contributed by atoms with E-state index in [0.717, 1.165) is 64.9 Å². The van der Waals surface area contributed by atoms with Crippen molar-refractivity contribution >= 4 is 40.0 Å². The molecule has 6 heteroatoms. The molecule has 1 amide bonds. The number of aryl methyl sites for hydroxylation is 1. The monoisotopic (exact) mass is 471 g/mol. The lowest BCUT2D eigenvalue weighted by Crippen LogP contribution is -2.20. The molecule has 1 heterocycles. The number of imidazole rings is 1. The summed E-state index contributed by atoms with van der Waals surface area (Å²) in [6.45, 7) is 1.93. The summed E-state index contributed by atoms with van der Waals surface area (Å²) in [6, 6.07) is 19.0. The Bertz CT molecular complexity index is 1350. The number of aromatic amines is 1. The maximum atomic E-state index is 12.7. The molecule has 1 aliphatic carbocycles. The van der Waals surface area contributed by atoms with Crippen LogP contribution in [0.4, 0.5) is 5.69 Å². The summed E-state index contributed by atoms with van der Waals surface area (Å²) < 4.78 is 0. The maximum Gasteiger partial charge on any atom is 0.227 e. The molecule has 1 aromatic heterocycles. The van der Waals surface area contributed by atoms with Gasteiger partial charge in [0.15, 0.2) is 5.78 Å². The lowest BCUT2D eigenvalue weighted by molar-refractivity contribution is -0.119. The number of carbonyl (C=O) groups excluding carboxylic acids is 2. The zero-order valence-electron chi connectivity index (χ0n) is 19.0. The predicted molar refractivity (Wildman–Crippen MR) is 136 cm³/mol. The van der Waals surface area contributed by atoms with E-state index in [1.165, 1.54) is 0 Å². The van der Waals surface area contributed by atoms with Gasteiger partial charge in [0.2, 0.25) is 5.91 Å². The summed E-state index contributed by atoms with van der Waals surface area (Å²) in [6.07, 6.45) is 4.53. The summed E-state index contributed by atoms with van der Waals surface area (Å²) in [4.78, 5) is 33.2. The molecule has 4 aromatic rings. The van der Waals surface area contributed by atoms with Gasteiger partial charge >= 0.3 is 0 Å². The van der Waals surface area contributed by atoms with Crippen LogP contribution in [0.15, 0.2) is 60.7 Å². The smallest absolute Gasteiger partial charge is 0.227 e. The summed E-state index contributed by atoms with van der Waals surface area (Å²) in [5.74, 6) is 1.02. The third-order valence-electron chi connectivity index (χ3n) is 6.43. The van der Waals surface area contributed by atoms with Crippen molar-refractivity contribution in [3.8, 4) is 11.4 Å². The van der Waals surface area contributed by atoms with Gasteiger partial charge in [-0.1, -0.05) is 48.7 Å². The second-order valence-electron chi connectivity index (χ2n) is 9.10. The number of ketones is 1. The van der Waals surface area contributed by atoms with Crippen LogP contribution in [0.25, 0.3) is 22.4 Å². The number of aromatic nitrogens is 2. The fourth-order valence-corrected chi connectivity index (χ4v) is 4.91. The highest BCUT2D eigenvalue weighted by molar-refractivity contribution is 6.31. The summed E-state index contributed by atoms with van der Waals surface area (Å²) in [5, 5.41) is 3.62. The van der Waals surface area contributed by atoms with Gasteiger partial charge in [0.1, 0.15) is 5.82 Å². The number of Topliss-reactive ketones (excluding diaryl/α,β-unsaturated/α-hetero) is 1. The van der Waals surface area contributed by atoms with Gasteiger partial charge in [-0.2, -0.15) is 0 Å². The number of benzene rings is 3. The van der Waals surface area contributed by atoms with Crippen LogP contribution in [0.3, 0.4) is 0 Å². The molecule has 1 fully saturated rings. The number of fused-ring (bicyclic) bond motifs is 1. The maximum absolute atomic E-state index is 12.7. The van der Waals surface area contributed by atoms with Crippen LogP contribution in [0.2, 0.25) is 5.02 Å². The van der Waals surface area contributed by atoms with Gasteiger partial charge in [-0.3, -0.25) is 9.59 Å². The number of nitrogens with zero attached hydrogens (tertiary/aromatic N) is 1. The van der Waals surface area contributed by atoms with Gasteiger partial charge in [-0.25, -0.2) is 4.98 Å². The summed E-state index contributed by atoms with van der Waals surface area (Å²) >= 11 is 6.10. The topological polar surface area (TPSA) is 74.8 Å². The van der Waals surface area contributed by atoms with E-state index in [-0.39, 0.29) is 17.6 Å². The largest absolute Gasteiger partial charge is 0.338 e. The van der Waals surface area contributed by atoms with Gasteiger partial charge in [0, 0.05) is 34.2 Å². The van der Waals surface area contributed by atoms with E-state index >= 15 is 0 Å². The number of hydrogen-bond donors (Lipinski definition) is 2. The highest BCUT2D eigenvalue weighted by atomic mass is 35.5. The highest BCUT2D eigenvalue weighted by Crippen LogP contribution is 2.28. The van der Waals surface area contributed by atoms with Gasteiger partial charge in [0.25, 0.3) is 0 Å². The molecule has 3 aromatic carbocycles. The van der Waals surface area contributed by atoms with Gasteiger partial charge in [0.05, 0.1) is 11.0 Å². The number of carbonyl (C=O) groups is 2. The first-order chi connectivity index (χ1) is 16.4. The van der Waals surface area contributed by atoms with Crippen LogP contribution in [0.1, 0.15) is 47.2 Å². The normalized spacial score (nSPS) is 13.9. The first kappa shape index (κ1) is 22.4. The Morgan fingerprint density at radius 2 is 1.79 bits per heavy atom. The average Bonchev–Trinajstić information content (AvgIpc) is 3.49. The fraction of sp³-hybridized carbons (Fsp3) is 0.250. The summed E-state index contributed by atoms with van der Waals surface area (Å²) in [7, 11) is 0. The van der Waals surface area contributed by atoms with Crippen molar-refractivity contribution in [2.45, 2.75) is 39.0 Å². The van der Waals surface area contributed by atoms with Crippen molar-refractivity contribution < 1.29 is 9.59 Å². The fourth-order valence-electron chi connectivity index (χ4n) is 4.62. The van der Waals surface area contributed by atoms with Crippen molar-refractivity contribution in [2.75, 3.05) is 5.32 Å². The van der Waals surface area contributed by atoms with E-state index in [9.17, 15) is 9.59 Å². The molecule has 172 valence electrons. The van der Waals surface area contributed by atoms with E-state index in [4.69, 9.17) is 11.6 Å². The minimum absolute atomic E-state index is 0.0364. The Morgan fingerprint density at radius 3 is 2.53 bits per heavy atom. The second kappa shape index (κ2) is 9.43. The molecule has 0 bridgehead atoms. The molecule has 5 nitrogen and oxygen atoms in total. The Kier molecular flexibility index (Phi) is 6.20. The zero-order chi connectivity index (χ0) is 23.7. The molecule has 34 heavy (non-hydrogen) atoms. The quantitative estimate of drug-likeness (QED) is 0.305. The number of anilines is 1. The van der Waals surface area contributed by atoms with Crippen LogP contribution < -0.4 is 5.32 Å². The van der Waals surface area contributed by atoms with Gasteiger partial charge in [-0.05, 0) is 67.3 Å². The van der Waals surface area contributed by atoms with Gasteiger partial charge in [-0.15, -0.1) is 0 Å². The number of rotatable bonds is 6. The van der Waals surface area contributed by atoms with Crippen molar-refractivity contribution in [3.05, 3.63) is 82.4 Å². The van der Waals surface area contributed by atoms with Crippen LogP contribution in [-0.4, -0.2) is 21.7 Å². The van der Waals surface area contributed by atoms with Crippen LogP contribution in [-0.2, 0) is 11.2 Å². The van der Waals surface area contributed by atoms with Crippen LogP contribution >= 0.6 is 11.6 Å². The number of amides is 1. The molecule has 0 spiro atoms. The number of hydrogen-bond acceptors (Lipinski definition) is 3. The number of halogens is 1. The second-order valence-corrected chi connectivity index (χ2v) is 9.54. The van der Waals surface area contributed by atoms with E-state index in [2.05, 4.69) is 15.3 Å². The first-order valence-corrected chi connectivity index (χ1v) is 12.0. The molecule has 1 saturated carbocycles. The van der Waals surface area contributed by atoms with Crippen molar-refractivity contribution in [1.82, 2.24) is 9.97 Å². The molecule has 1 aliphatic rings. The Balaban J connectivity index is 1.29. The SMILES string of the molecule is Cc1cc(Cl)cc(C(=O)Cc2ccc(-c3nc4ccc(NC(=O)C5CCCC5)cc4[nH]3)cc2)c1. The molecule has 0 aliphatic heterocycles. The predicted octanol–water partition coefficient (Wildman–Crippen LogP) is 6.75. The molecule has 0 radical (unpaired) electrons. The standard InChI is InChI=1S/C28H26ClN3O2/c1-17-12-21(15-22(29)13-17)26(33)14-18-6-8-19(9-7-18)27-31-24-11-10-23(16-25(24)32-27)30-28(34)20-4-2-3-5-20/h6-13,15-16,20H,2-5,14H2,1H3,(H,30,34)(H,31,32). The lowest BCUT2D eigenvalue weighted by Gasteiger charge is -2.10. The Labute approximate surface area is 203 Å². The van der Waals surface area contributed by atoms with E-state index < -0.39 is 0 Å². The van der Waals surface area contributed by atoms with Crippen molar-refractivity contribution in [1.29, 1.82) is 0 Å². The van der Waals surface area contributed by atoms with Crippen molar-refractivity contribution in [2.24, 2.45) is 5.92 Å². The van der Waals surface area contributed by atoms with E-state index in [1.54, 1.807) is 6.07 Å². The molecular weight excluding hydrogens is 446 g/mol. The summed E-state index contributed by atoms with van der Waals surface area (Å²) in [5.41, 5.74) is 5.95. The molecular formula is C28H26ClN3O2. The minimum atomic E-state index is 0.0364. The molecule has 5 rings (SSSR count). The molecule has 2 N–H and O–H groups in total. The van der Waals surface area contributed by atoms with Gasteiger partial charge < -0.3 is 10.3 Å². The molecule has 0 unspecified atom stereocenters. The average molecular weight is 472 g/mol. The highest BCUT2D eigenvalue weighted by Gasteiger charge is 2.22. The third kappa shape index (κ3) is 4.90. The van der Waals surface area contributed by atoms with Crippen LogP contribution in [0.5, 0.6) is 0 Å². The minimum Gasteiger partial charge on any atom is -0.338 e. The number of nitrogens with one attached hydrogen (secondary N) is 2. The van der Waals surface area contributed by atoms with E-state index in [1.807, 2.05) is 61.5 Å². The number of H-pyrrole nitrogens is 1. The molecule has 0 saturated heterocycles. The Morgan fingerprint density at radius 1 is 1.03 bits per heavy atom. The van der Waals surface area contributed by atoms with Crippen LogP contribution in [0, 0.1) is 12.8 Å². The third-order valence-corrected chi connectivity index (χ3v) is 6.65. The first-order valence-electron chi connectivity index (χ1n) is 11.6. The lowest BCUT2D eigenvalue weighted by atomic mass is 10.0.